The van der Waals surface area contributed by atoms with Crippen molar-refractivity contribution in [2.75, 3.05) is 6.61 Å². The predicted octanol–water partition coefficient (Wildman–Crippen LogP) is 4.07. The maximum atomic E-state index is 8.94. The zero-order valence-electron chi connectivity index (χ0n) is 12.1. The molecule has 0 spiro atoms. The van der Waals surface area contributed by atoms with Gasteiger partial charge in [-0.1, -0.05) is 11.6 Å². The fraction of sp³-hybridized carbons (Fsp3) is 0.333. The molecule has 0 amide bonds. The highest BCUT2D eigenvalue weighted by atomic mass is 35.5. The van der Waals surface area contributed by atoms with E-state index in [0.717, 1.165) is 45.8 Å². The average molecular weight is 338 g/mol. The zero-order chi connectivity index (χ0) is 15.5. The van der Waals surface area contributed by atoms with Gasteiger partial charge < -0.3 is 14.5 Å². The standard InChI is InChI=1S/C15H16ClN3O2S/c1-9-17-8-10(18-9)15-19-14(12-5-6-13(16)22-12)11(21-15)4-2-3-7-20/h5-6,8,20H,2-4,7H2,1H3,(H,17,18). The van der Waals surface area contributed by atoms with Gasteiger partial charge in [-0.2, -0.15) is 0 Å². The summed E-state index contributed by atoms with van der Waals surface area (Å²) in [7, 11) is 0. The largest absolute Gasteiger partial charge is 0.439 e. The number of aliphatic hydroxyl groups excluding tert-OH is 1. The van der Waals surface area contributed by atoms with Crippen LogP contribution in [0.2, 0.25) is 4.34 Å². The number of unbranched alkanes of at least 4 members (excludes halogenated alkanes) is 1. The summed E-state index contributed by atoms with van der Waals surface area (Å²) < 4.78 is 6.63. The van der Waals surface area contributed by atoms with Gasteiger partial charge in [0.25, 0.3) is 0 Å². The molecule has 3 rings (SSSR count). The predicted molar refractivity (Wildman–Crippen MR) is 87.2 cm³/mol. The molecule has 0 aliphatic heterocycles. The lowest BCUT2D eigenvalue weighted by molar-refractivity contribution is 0.283. The number of halogens is 1. The molecule has 0 aliphatic carbocycles. The van der Waals surface area contributed by atoms with E-state index in [4.69, 9.17) is 21.1 Å². The van der Waals surface area contributed by atoms with Crippen molar-refractivity contribution >= 4 is 22.9 Å². The van der Waals surface area contributed by atoms with Crippen molar-refractivity contribution in [1.82, 2.24) is 15.0 Å². The molecule has 3 aromatic rings. The molecular weight excluding hydrogens is 322 g/mol. The van der Waals surface area contributed by atoms with E-state index in [2.05, 4.69) is 15.0 Å². The summed E-state index contributed by atoms with van der Waals surface area (Å²) in [4.78, 5) is 13.0. The summed E-state index contributed by atoms with van der Waals surface area (Å²) in [5.74, 6) is 2.13. The molecule has 0 atom stereocenters. The molecule has 0 bridgehead atoms. The van der Waals surface area contributed by atoms with Crippen molar-refractivity contribution < 1.29 is 9.52 Å². The number of aryl methyl sites for hydroxylation is 2. The Labute approximate surface area is 137 Å². The van der Waals surface area contributed by atoms with Crippen LogP contribution in [-0.2, 0) is 6.42 Å². The highest BCUT2D eigenvalue weighted by molar-refractivity contribution is 7.19. The first-order valence-corrected chi connectivity index (χ1v) is 8.25. The molecule has 0 aliphatic rings. The van der Waals surface area contributed by atoms with Gasteiger partial charge in [0.05, 0.1) is 9.21 Å². The minimum Gasteiger partial charge on any atom is -0.439 e. The molecule has 3 heterocycles. The monoisotopic (exact) mass is 337 g/mol. The van der Waals surface area contributed by atoms with Crippen LogP contribution in [0.25, 0.3) is 22.2 Å². The molecule has 0 unspecified atom stereocenters. The summed E-state index contributed by atoms with van der Waals surface area (Å²) >= 11 is 7.50. The Morgan fingerprint density at radius 2 is 2.18 bits per heavy atom. The van der Waals surface area contributed by atoms with Crippen molar-refractivity contribution in [2.24, 2.45) is 0 Å². The van der Waals surface area contributed by atoms with Crippen LogP contribution in [0.1, 0.15) is 24.4 Å². The Hall–Kier alpha value is -1.63. The van der Waals surface area contributed by atoms with Gasteiger partial charge in [0.2, 0.25) is 5.89 Å². The topological polar surface area (TPSA) is 74.9 Å². The van der Waals surface area contributed by atoms with Crippen LogP contribution in [0.3, 0.4) is 0 Å². The summed E-state index contributed by atoms with van der Waals surface area (Å²) in [5.41, 5.74) is 1.50. The Bertz CT molecular complexity index is 763. The molecule has 0 fully saturated rings. The number of aromatic amines is 1. The first-order valence-electron chi connectivity index (χ1n) is 7.06. The van der Waals surface area contributed by atoms with Gasteiger partial charge in [0.15, 0.2) is 0 Å². The molecule has 7 heteroatoms. The van der Waals surface area contributed by atoms with Gasteiger partial charge >= 0.3 is 0 Å². The molecule has 5 nitrogen and oxygen atoms in total. The van der Waals surface area contributed by atoms with E-state index in [-0.39, 0.29) is 6.61 Å². The van der Waals surface area contributed by atoms with Gasteiger partial charge in [0.1, 0.15) is 23.0 Å². The van der Waals surface area contributed by atoms with Crippen molar-refractivity contribution in [2.45, 2.75) is 26.2 Å². The summed E-state index contributed by atoms with van der Waals surface area (Å²) in [6.07, 6.45) is 4.09. The summed E-state index contributed by atoms with van der Waals surface area (Å²) in [5, 5.41) is 8.94. The minimum atomic E-state index is 0.180. The number of imidazole rings is 1. The third-order valence-electron chi connectivity index (χ3n) is 3.24. The lowest BCUT2D eigenvalue weighted by atomic mass is 10.1. The summed E-state index contributed by atoms with van der Waals surface area (Å²) in [6, 6.07) is 3.80. The number of nitrogens with one attached hydrogen (secondary N) is 1. The first-order chi connectivity index (χ1) is 10.7. The van der Waals surface area contributed by atoms with Gasteiger partial charge in [0, 0.05) is 19.2 Å². The number of oxazole rings is 1. The molecule has 3 aromatic heterocycles. The molecule has 0 radical (unpaired) electrons. The second-order valence-corrected chi connectivity index (χ2v) is 6.66. The Morgan fingerprint density at radius 3 is 2.82 bits per heavy atom. The van der Waals surface area contributed by atoms with E-state index in [9.17, 15) is 0 Å². The Kier molecular flexibility index (Phi) is 4.61. The summed E-state index contributed by atoms with van der Waals surface area (Å²) in [6.45, 7) is 2.06. The highest BCUT2D eigenvalue weighted by Crippen LogP contribution is 2.35. The number of aromatic nitrogens is 3. The van der Waals surface area contributed by atoms with Crippen LogP contribution in [0.4, 0.5) is 0 Å². The minimum absolute atomic E-state index is 0.180. The molecular formula is C15H16ClN3O2S. The Morgan fingerprint density at radius 1 is 1.32 bits per heavy atom. The van der Waals surface area contributed by atoms with E-state index < -0.39 is 0 Å². The number of rotatable bonds is 6. The number of thiophene rings is 1. The third kappa shape index (κ3) is 3.24. The lowest BCUT2D eigenvalue weighted by Crippen LogP contribution is -1.89. The van der Waals surface area contributed by atoms with Crippen LogP contribution in [0.5, 0.6) is 0 Å². The van der Waals surface area contributed by atoms with E-state index in [0.29, 0.717) is 11.6 Å². The van der Waals surface area contributed by atoms with Crippen LogP contribution < -0.4 is 0 Å². The zero-order valence-corrected chi connectivity index (χ0v) is 13.7. The molecule has 22 heavy (non-hydrogen) atoms. The number of aliphatic hydroxyl groups is 1. The van der Waals surface area contributed by atoms with E-state index in [1.165, 1.54) is 11.3 Å². The molecule has 2 N–H and O–H groups in total. The smallest absolute Gasteiger partial charge is 0.247 e. The van der Waals surface area contributed by atoms with Gasteiger partial charge in [-0.25, -0.2) is 9.97 Å². The second-order valence-electron chi connectivity index (χ2n) is 4.95. The number of hydrogen-bond acceptors (Lipinski definition) is 5. The fourth-order valence-corrected chi connectivity index (χ4v) is 3.24. The van der Waals surface area contributed by atoms with Crippen molar-refractivity contribution in [3.8, 4) is 22.2 Å². The van der Waals surface area contributed by atoms with Crippen LogP contribution in [-0.4, -0.2) is 26.7 Å². The van der Waals surface area contributed by atoms with E-state index in [1.807, 2.05) is 19.1 Å². The van der Waals surface area contributed by atoms with Crippen molar-refractivity contribution in [1.29, 1.82) is 0 Å². The van der Waals surface area contributed by atoms with Gasteiger partial charge in [-0.3, -0.25) is 0 Å². The molecule has 116 valence electrons. The van der Waals surface area contributed by atoms with Crippen LogP contribution >= 0.6 is 22.9 Å². The first kappa shape index (κ1) is 15.3. The van der Waals surface area contributed by atoms with Crippen LogP contribution in [0, 0.1) is 6.92 Å². The lowest BCUT2D eigenvalue weighted by Gasteiger charge is -1.98. The van der Waals surface area contributed by atoms with Gasteiger partial charge in [-0.15, -0.1) is 11.3 Å². The van der Waals surface area contributed by atoms with Crippen molar-refractivity contribution in [3.05, 3.63) is 34.3 Å². The highest BCUT2D eigenvalue weighted by Gasteiger charge is 2.18. The SMILES string of the molecule is Cc1nc(-c2nc(-c3ccc(Cl)s3)c(CCCCO)o2)c[nH]1. The average Bonchev–Trinajstić information content (AvgIpc) is 3.19. The van der Waals surface area contributed by atoms with E-state index in [1.54, 1.807) is 6.20 Å². The quantitative estimate of drug-likeness (QED) is 0.665. The van der Waals surface area contributed by atoms with Crippen LogP contribution in [0.15, 0.2) is 22.7 Å². The molecule has 0 saturated heterocycles. The van der Waals surface area contributed by atoms with Crippen molar-refractivity contribution in [3.63, 3.8) is 0 Å². The molecule has 0 saturated carbocycles. The third-order valence-corrected chi connectivity index (χ3v) is 4.48. The number of nitrogens with zero attached hydrogens (tertiary/aromatic N) is 2. The maximum absolute atomic E-state index is 8.94. The normalized spacial score (nSPS) is 11.2. The van der Waals surface area contributed by atoms with Gasteiger partial charge in [-0.05, 0) is 31.9 Å². The maximum Gasteiger partial charge on any atom is 0.247 e. The van der Waals surface area contributed by atoms with E-state index >= 15 is 0 Å². The Balaban J connectivity index is 1.96. The fourth-order valence-electron chi connectivity index (χ4n) is 2.19. The number of H-pyrrole nitrogens is 1. The molecule has 0 aromatic carbocycles. The second kappa shape index (κ2) is 6.64. The number of hydrogen-bond donors (Lipinski definition) is 2.